The lowest BCUT2D eigenvalue weighted by molar-refractivity contribution is 0.536. The average molecular weight is 931 g/mol. The minimum Gasteiger partial charge on any atom is -0.307 e. The summed E-state index contributed by atoms with van der Waals surface area (Å²) < 4.78 is 4.61. The molecule has 350 valence electrons. The van der Waals surface area contributed by atoms with E-state index in [0.717, 1.165) is 30.3 Å². The zero-order chi connectivity index (χ0) is 44.5. The highest BCUT2D eigenvalue weighted by molar-refractivity contribution is 7.30. The molecule has 0 saturated carbocycles. The normalized spacial score (nSPS) is 12.1. The van der Waals surface area contributed by atoms with E-state index < -0.39 is 0 Å². The molecule has 0 unspecified atom stereocenters. The predicted octanol–water partition coefficient (Wildman–Crippen LogP) is 20.7. The van der Waals surface area contributed by atoms with Crippen molar-refractivity contribution in [1.29, 1.82) is 0 Å². The van der Waals surface area contributed by atoms with Crippen molar-refractivity contribution in [2.75, 3.05) is 0 Å². The summed E-state index contributed by atoms with van der Waals surface area (Å²) >= 11 is 7.64. The fourth-order valence-corrected chi connectivity index (χ4v) is 14.0. The van der Waals surface area contributed by atoms with Crippen LogP contribution in [0.1, 0.15) is 244 Å². The Hall–Kier alpha value is -1.99. The third-order valence-corrected chi connectivity index (χ3v) is 18.0. The molecular weight excluding hydrogens is 843 g/mol. The molecule has 0 aliphatic heterocycles. The number of hydrogen-bond donors (Lipinski definition) is 0. The van der Waals surface area contributed by atoms with E-state index in [4.69, 9.17) is 0 Å². The van der Waals surface area contributed by atoms with Crippen molar-refractivity contribution in [3.05, 3.63) is 65.3 Å². The number of unbranched alkanes of at least 4 members (excludes halogenated alkanes) is 27. The number of aromatic nitrogens is 1. The van der Waals surface area contributed by atoms with Gasteiger partial charge >= 0.3 is 0 Å². The molecular formula is C57H87NOS4. The number of fused-ring (bicyclic) bond motifs is 3. The van der Waals surface area contributed by atoms with E-state index in [1.165, 1.54) is 242 Å². The summed E-state index contributed by atoms with van der Waals surface area (Å²) in [7, 11) is 0. The Morgan fingerprint density at radius 3 is 1.35 bits per heavy atom. The molecule has 0 bridgehead atoms. The van der Waals surface area contributed by atoms with E-state index in [-0.39, 0.29) is 5.56 Å². The Morgan fingerprint density at radius 1 is 0.429 bits per heavy atom. The van der Waals surface area contributed by atoms with E-state index in [1.807, 2.05) is 45.3 Å². The lowest BCUT2D eigenvalue weighted by Crippen LogP contribution is -2.19. The first-order valence-electron chi connectivity index (χ1n) is 26.4. The Kier molecular flexibility index (Phi) is 25.0. The topological polar surface area (TPSA) is 22.0 Å². The van der Waals surface area contributed by atoms with Crippen LogP contribution in [0.4, 0.5) is 0 Å². The molecule has 5 aromatic rings. The maximum Gasteiger partial charge on any atom is 0.259 e. The fraction of sp³-hybridized carbons (Fsp3) is 0.667. The van der Waals surface area contributed by atoms with Crippen LogP contribution < -0.4 is 5.56 Å². The van der Waals surface area contributed by atoms with Crippen molar-refractivity contribution in [3.8, 4) is 9.75 Å². The summed E-state index contributed by atoms with van der Waals surface area (Å²) in [5.74, 6) is 0. The number of hydrogen-bond acceptors (Lipinski definition) is 5. The summed E-state index contributed by atoms with van der Waals surface area (Å²) in [4.78, 5) is 22.5. The van der Waals surface area contributed by atoms with Gasteiger partial charge in [0.1, 0.15) is 0 Å². The Morgan fingerprint density at radius 2 is 0.841 bits per heavy atom. The highest BCUT2D eigenvalue weighted by Crippen LogP contribution is 2.43. The largest absolute Gasteiger partial charge is 0.307 e. The molecule has 0 aliphatic carbocycles. The van der Waals surface area contributed by atoms with Gasteiger partial charge in [0.15, 0.2) is 0 Å². The van der Waals surface area contributed by atoms with Crippen molar-refractivity contribution in [1.82, 2.24) is 4.57 Å². The zero-order valence-electron chi connectivity index (χ0n) is 40.8. The first-order chi connectivity index (χ1) is 30.9. The van der Waals surface area contributed by atoms with Gasteiger partial charge in [0.05, 0.1) is 20.3 Å². The molecule has 0 fully saturated rings. The molecule has 5 aromatic heterocycles. The second-order valence-electron chi connectivity index (χ2n) is 19.0. The molecule has 0 amide bonds. The molecule has 6 heteroatoms. The molecule has 2 nitrogen and oxygen atoms in total. The van der Waals surface area contributed by atoms with Gasteiger partial charge in [0.25, 0.3) is 5.56 Å². The van der Waals surface area contributed by atoms with E-state index in [9.17, 15) is 4.79 Å². The molecule has 5 heterocycles. The van der Waals surface area contributed by atoms with Crippen LogP contribution in [0.15, 0.2) is 29.1 Å². The van der Waals surface area contributed by atoms with Crippen LogP contribution in [0.3, 0.4) is 0 Å². The van der Waals surface area contributed by atoms with E-state index in [0.29, 0.717) is 0 Å². The third kappa shape index (κ3) is 17.6. The number of pyridine rings is 1. The lowest BCUT2D eigenvalue weighted by Gasteiger charge is -2.09. The highest BCUT2D eigenvalue weighted by atomic mass is 32.1. The minimum absolute atomic E-state index is 0.207. The van der Waals surface area contributed by atoms with E-state index in [1.54, 1.807) is 0 Å². The van der Waals surface area contributed by atoms with Crippen LogP contribution >= 0.6 is 45.3 Å². The van der Waals surface area contributed by atoms with Gasteiger partial charge < -0.3 is 4.57 Å². The van der Waals surface area contributed by atoms with Crippen LogP contribution in [-0.2, 0) is 19.4 Å². The smallest absolute Gasteiger partial charge is 0.259 e. The Balaban J connectivity index is 1.27. The molecule has 0 saturated heterocycles. The first kappa shape index (κ1) is 52.0. The van der Waals surface area contributed by atoms with Crippen LogP contribution in [-0.4, -0.2) is 4.57 Å². The van der Waals surface area contributed by atoms with Crippen molar-refractivity contribution in [2.24, 2.45) is 0 Å². The molecule has 0 radical (unpaired) electrons. The Labute approximate surface area is 401 Å². The van der Waals surface area contributed by atoms with E-state index >= 15 is 0 Å². The SMILES string of the molecule is CCCCCCCCCCCCc1cc(C)sc1/C=C/c1sc(-c2cc3c(=O)n(CCCCCCCCCCCC)c4cc(C)sc4c3s2)cc1CCCCCCCCCCCC. The second-order valence-corrected chi connectivity index (χ2v) is 23.7. The molecule has 0 aromatic carbocycles. The summed E-state index contributed by atoms with van der Waals surface area (Å²) in [6, 6.07) is 9.47. The lowest BCUT2D eigenvalue weighted by atomic mass is 10.0. The van der Waals surface area contributed by atoms with Crippen molar-refractivity contribution in [2.45, 2.75) is 247 Å². The van der Waals surface area contributed by atoms with Crippen LogP contribution in [0, 0.1) is 13.8 Å². The quantitative estimate of drug-likeness (QED) is 0.0367. The highest BCUT2D eigenvalue weighted by Gasteiger charge is 2.19. The van der Waals surface area contributed by atoms with Gasteiger partial charge in [0.2, 0.25) is 0 Å². The number of rotatable bonds is 36. The van der Waals surface area contributed by atoms with Crippen molar-refractivity contribution in [3.63, 3.8) is 0 Å². The minimum atomic E-state index is 0.207. The molecule has 0 atom stereocenters. The summed E-state index contributed by atoms with van der Waals surface area (Å²) in [6.07, 6.45) is 47.8. The van der Waals surface area contributed by atoms with Crippen LogP contribution in [0.25, 0.3) is 42.2 Å². The van der Waals surface area contributed by atoms with Gasteiger partial charge in [-0.25, -0.2) is 0 Å². The molecule has 0 spiro atoms. The molecule has 0 aliphatic rings. The standard InChI is InChI=1S/C57H87NOS4/c1-6-9-12-15-18-21-24-27-30-33-36-47-41-45(4)60-51(47)38-39-52-48(37-34-31-28-25-22-19-16-13-10-7-2)43-53(62-52)54-44-49-55(63-54)56-50(42-46(5)61-56)58(57(49)59)40-35-32-29-26-23-20-17-14-11-8-3/h38-39,41-44H,6-37,40H2,1-5H3/b39-38+. The van der Waals surface area contributed by atoms with Gasteiger partial charge in [-0.05, 0) is 93.5 Å². The van der Waals surface area contributed by atoms with Gasteiger partial charge in [-0.15, -0.1) is 45.3 Å². The molecule has 0 N–H and O–H groups in total. The molecule has 5 rings (SSSR count). The van der Waals surface area contributed by atoms with Gasteiger partial charge in [-0.3, -0.25) is 4.79 Å². The maximum absolute atomic E-state index is 14.3. The van der Waals surface area contributed by atoms with Crippen molar-refractivity contribution < 1.29 is 0 Å². The van der Waals surface area contributed by atoms with E-state index in [2.05, 4.69) is 75.6 Å². The van der Waals surface area contributed by atoms with Crippen LogP contribution in [0.2, 0.25) is 0 Å². The number of thiophene rings is 4. The average Bonchev–Trinajstić information content (AvgIpc) is 4.08. The number of nitrogens with zero attached hydrogens (tertiary/aromatic N) is 1. The van der Waals surface area contributed by atoms with Gasteiger partial charge in [-0.1, -0.05) is 194 Å². The van der Waals surface area contributed by atoms with Crippen molar-refractivity contribution >= 4 is 77.8 Å². The predicted molar refractivity (Wildman–Crippen MR) is 290 cm³/mol. The third-order valence-electron chi connectivity index (χ3n) is 13.3. The summed E-state index contributed by atoms with van der Waals surface area (Å²) in [5.41, 5.74) is 4.38. The molecule has 63 heavy (non-hydrogen) atoms. The zero-order valence-corrected chi connectivity index (χ0v) is 44.1. The number of aryl methyl sites for hydroxylation is 5. The fourth-order valence-electron chi connectivity index (χ4n) is 9.52. The first-order valence-corrected chi connectivity index (χ1v) is 29.7. The van der Waals surface area contributed by atoms with Gasteiger partial charge in [0, 0.05) is 35.8 Å². The Bertz CT molecular complexity index is 2080. The summed E-state index contributed by atoms with van der Waals surface area (Å²) in [5, 5.41) is 0.920. The summed E-state index contributed by atoms with van der Waals surface area (Å²) in [6.45, 7) is 12.2. The monoisotopic (exact) mass is 930 g/mol. The van der Waals surface area contributed by atoms with Crippen LogP contribution in [0.5, 0.6) is 0 Å². The van der Waals surface area contributed by atoms with Gasteiger partial charge in [-0.2, -0.15) is 0 Å². The second kappa shape index (κ2) is 30.3. The maximum atomic E-state index is 14.3.